The molecule has 3 aromatic rings. The van der Waals surface area contributed by atoms with E-state index in [4.69, 9.17) is 4.74 Å². The Morgan fingerprint density at radius 3 is 2.58 bits per heavy atom. The summed E-state index contributed by atoms with van der Waals surface area (Å²) in [6.07, 6.45) is -0.000931. The van der Waals surface area contributed by atoms with Gasteiger partial charge in [0.25, 0.3) is 5.56 Å². The molecule has 0 saturated carbocycles. The highest BCUT2D eigenvalue weighted by molar-refractivity contribution is 5.99. The first-order valence-corrected chi connectivity index (χ1v) is 10.7. The molecule has 0 bridgehead atoms. The van der Waals surface area contributed by atoms with Crippen LogP contribution in [0.15, 0.2) is 47.3 Å². The van der Waals surface area contributed by atoms with E-state index in [9.17, 15) is 19.2 Å². The van der Waals surface area contributed by atoms with Crippen LogP contribution in [0.2, 0.25) is 0 Å². The molecule has 9 heteroatoms. The van der Waals surface area contributed by atoms with Crippen LogP contribution in [0, 0.1) is 6.92 Å². The lowest BCUT2D eigenvalue weighted by atomic mass is 10.0. The first-order valence-electron chi connectivity index (χ1n) is 10.7. The Bertz CT molecular complexity index is 1350. The number of carbonyl (C=O) groups excluding carboxylic acids is 3. The number of aromatic nitrogens is 2. The van der Waals surface area contributed by atoms with Crippen molar-refractivity contribution in [1.82, 2.24) is 19.8 Å². The molecule has 1 unspecified atom stereocenters. The number of fused-ring (bicyclic) bond motifs is 2. The van der Waals surface area contributed by atoms with Crippen LogP contribution >= 0.6 is 0 Å². The quantitative estimate of drug-likeness (QED) is 0.619. The molecule has 3 heterocycles. The minimum absolute atomic E-state index is 0.171. The van der Waals surface area contributed by atoms with Crippen molar-refractivity contribution in [1.29, 1.82) is 0 Å². The molecule has 9 nitrogen and oxygen atoms in total. The maximum Gasteiger partial charge on any atom is 0.410 e. The SMILES string of the molecule is Cc1nc2cc3c(cc2c(=O)n1C1CCC(=O)NC1=O)CN(C(=O)OCc1ccccc1)C3. The third kappa shape index (κ3) is 3.86. The van der Waals surface area contributed by atoms with Crippen LogP contribution in [0.1, 0.15) is 41.4 Å². The van der Waals surface area contributed by atoms with Crippen LogP contribution in [-0.4, -0.2) is 32.4 Å². The summed E-state index contributed by atoms with van der Waals surface area (Å²) < 4.78 is 6.79. The molecule has 2 aromatic carbocycles. The lowest BCUT2D eigenvalue weighted by Gasteiger charge is -2.24. The molecule has 1 saturated heterocycles. The summed E-state index contributed by atoms with van der Waals surface area (Å²) in [5.41, 5.74) is 2.84. The molecule has 2 aliphatic heterocycles. The average Bonchev–Trinajstić information content (AvgIpc) is 3.21. The zero-order valence-electron chi connectivity index (χ0n) is 18.0. The molecule has 2 aliphatic rings. The van der Waals surface area contributed by atoms with Gasteiger partial charge in [-0.05, 0) is 42.2 Å². The van der Waals surface area contributed by atoms with Crippen molar-refractivity contribution < 1.29 is 19.1 Å². The molecular weight excluding hydrogens is 424 g/mol. The monoisotopic (exact) mass is 446 g/mol. The minimum Gasteiger partial charge on any atom is -0.445 e. The fraction of sp³-hybridized carbons (Fsp3) is 0.292. The highest BCUT2D eigenvalue weighted by atomic mass is 16.6. The van der Waals surface area contributed by atoms with Crippen LogP contribution in [0.4, 0.5) is 4.79 Å². The first kappa shape index (κ1) is 20.9. The number of hydrogen-bond donors (Lipinski definition) is 1. The number of ether oxygens (including phenoxy) is 1. The van der Waals surface area contributed by atoms with Crippen molar-refractivity contribution in [3.63, 3.8) is 0 Å². The van der Waals surface area contributed by atoms with Crippen molar-refractivity contribution in [2.45, 2.75) is 45.5 Å². The van der Waals surface area contributed by atoms with E-state index in [1.165, 1.54) is 4.57 Å². The van der Waals surface area contributed by atoms with Gasteiger partial charge in [0, 0.05) is 19.5 Å². The van der Waals surface area contributed by atoms with E-state index in [0.717, 1.165) is 16.7 Å². The number of nitrogens with one attached hydrogen (secondary N) is 1. The third-order valence-corrected chi connectivity index (χ3v) is 6.11. The van der Waals surface area contributed by atoms with Crippen LogP contribution in [0.5, 0.6) is 0 Å². The number of rotatable bonds is 3. The van der Waals surface area contributed by atoms with Gasteiger partial charge >= 0.3 is 6.09 Å². The van der Waals surface area contributed by atoms with Gasteiger partial charge in [0.05, 0.1) is 10.9 Å². The summed E-state index contributed by atoms with van der Waals surface area (Å²) in [4.78, 5) is 55.8. The predicted octanol–water partition coefficient (Wildman–Crippen LogP) is 2.34. The number of carbonyl (C=O) groups is 3. The van der Waals surface area contributed by atoms with E-state index >= 15 is 0 Å². The number of nitrogens with zero attached hydrogens (tertiary/aromatic N) is 3. The molecule has 1 N–H and O–H groups in total. The number of benzene rings is 2. The van der Waals surface area contributed by atoms with Crippen LogP contribution in [-0.2, 0) is 34.0 Å². The number of piperidine rings is 1. The highest BCUT2D eigenvalue weighted by Crippen LogP contribution is 2.28. The van der Waals surface area contributed by atoms with Gasteiger partial charge in [-0.1, -0.05) is 30.3 Å². The highest BCUT2D eigenvalue weighted by Gasteiger charge is 2.31. The molecule has 168 valence electrons. The lowest BCUT2D eigenvalue weighted by Crippen LogP contribution is -2.45. The smallest absolute Gasteiger partial charge is 0.410 e. The van der Waals surface area contributed by atoms with Crippen molar-refractivity contribution in [2.75, 3.05) is 0 Å². The van der Waals surface area contributed by atoms with Gasteiger partial charge in [0.15, 0.2) is 0 Å². The van der Waals surface area contributed by atoms with E-state index in [-0.39, 0.29) is 30.9 Å². The summed E-state index contributed by atoms with van der Waals surface area (Å²) in [6, 6.07) is 12.2. The zero-order chi connectivity index (χ0) is 23.1. The van der Waals surface area contributed by atoms with Crippen LogP contribution in [0.25, 0.3) is 10.9 Å². The molecule has 1 atom stereocenters. The van der Waals surface area contributed by atoms with Gasteiger partial charge in [-0.3, -0.25) is 29.2 Å². The molecule has 33 heavy (non-hydrogen) atoms. The average molecular weight is 446 g/mol. The van der Waals surface area contributed by atoms with Crippen molar-refractivity contribution in [3.8, 4) is 0 Å². The zero-order valence-corrected chi connectivity index (χ0v) is 18.0. The third-order valence-electron chi connectivity index (χ3n) is 6.11. The van der Waals surface area contributed by atoms with E-state index in [2.05, 4.69) is 10.3 Å². The van der Waals surface area contributed by atoms with Gasteiger partial charge in [-0.2, -0.15) is 0 Å². The lowest BCUT2D eigenvalue weighted by molar-refractivity contribution is -0.135. The first-order chi connectivity index (χ1) is 15.9. The summed E-state index contributed by atoms with van der Waals surface area (Å²) in [6.45, 7) is 2.55. The summed E-state index contributed by atoms with van der Waals surface area (Å²) in [5, 5.41) is 2.67. The second-order valence-electron chi connectivity index (χ2n) is 8.34. The van der Waals surface area contributed by atoms with Crippen LogP contribution in [0.3, 0.4) is 0 Å². The number of imide groups is 1. The Morgan fingerprint density at radius 2 is 1.85 bits per heavy atom. The Labute approximate surface area is 189 Å². The summed E-state index contributed by atoms with van der Waals surface area (Å²) >= 11 is 0. The number of amides is 3. The largest absolute Gasteiger partial charge is 0.445 e. The standard InChI is InChI=1S/C24H22N4O5/c1-14-25-19-10-17-12-27(24(32)33-13-15-5-3-2-4-6-15)11-16(17)9-18(19)23(31)28(14)20-7-8-21(29)26-22(20)30/h2-6,9-10,20H,7-8,11-13H2,1H3,(H,26,29,30). The predicted molar refractivity (Wildman–Crippen MR) is 118 cm³/mol. The fourth-order valence-electron chi connectivity index (χ4n) is 4.44. The summed E-state index contributed by atoms with van der Waals surface area (Å²) in [5.74, 6) is -0.432. The Hall–Kier alpha value is -4.01. The normalized spacial score (nSPS) is 17.7. The molecule has 0 aliphatic carbocycles. The van der Waals surface area contributed by atoms with Crippen LogP contribution < -0.4 is 10.9 Å². The summed E-state index contributed by atoms with van der Waals surface area (Å²) in [7, 11) is 0. The van der Waals surface area contributed by atoms with Gasteiger partial charge in [0.1, 0.15) is 18.5 Å². The van der Waals surface area contributed by atoms with E-state index in [1.807, 2.05) is 36.4 Å². The maximum absolute atomic E-state index is 13.3. The molecular formula is C24H22N4O5. The minimum atomic E-state index is -0.773. The Kier molecular flexibility index (Phi) is 5.16. The van der Waals surface area contributed by atoms with Gasteiger partial charge in [0.2, 0.25) is 11.8 Å². The van der Waals surface area contributed by atoms with E-state index in [0.29, 0.717) is 29.8 Å². The second-order valence-corrected chi connectivity index (χ2v) is 8.34. The fourth-order valence-corrected chi connectivity index (χ4v) is 4.44. The molecule has 3 amide bonds. The molecule has 0 spiro atoms. The van der Waals surface area contributed by atoms with Gasteiger partial charge in [-0.15, -0.1) is 0 Å². The van der Waals surface area contributed by atoms with E-state index in [1.54, 1.807) is 17.9 Å². The van der Waals surface area contributed by atoms with Crippen molar-refractivity contribution in [3.05, 3.63) is 75.3 Å². The van der Waals surface area contributed by atoms with Gasteiger partial charge in [-0.25, -0.2) is 9.78 Å². The number of aryl methyl sites for hydroxylation is 1. The van der Waals surface area contributed by atoms with Crippen molar-refractivity contribution in [2.24, 2.45) is 0 Å². The van der Waals surface area contributed by atoms with E-state index < -0.39 is 18.0 Å². The molecule has 0 radical (unpaired) electrons. The number of hydrogen-bond acceptors (Lipinski definition) is 6. The Morgan fingerprint density at radius 1 is 1.12 bits per heavy atom. The second kappa shape index (κ2) is 8.16. The molecule has 1 aromatic heterocycles. The Balaban J connectivity index is 1.40. The molecule has 1 fully saturated rings. The van der Waals surface area contributed by atoms with Crippen molar-refractivity contribution >= 4 is 28.8 Å². The topological polar surface area (TPSA) is 111 Å². The molecule has 5 rings (SSSR count). The maximum atomic E-state index is 13.3. The van der Waals surface area contributed by atoms with Gasteiger partial charge < -0.3 is 4.74 Å².